The monoisotopic (exact) mass is 430 g/mol. The molecule has 0 aromatic heterocycles. The molecule has 7 heteroatoms. The molecule has 0 radical (unpaired) electrons. The lowest BCUT2D eigenvalue weighted by Gasteiger charge is -2.34. The van der Waals surface area contributed by atoms with Crippen molar-refractivity contribution in [2.24, 2.45) is 0 Å². The number of carbonyl (C=O) groups is 1. The summed E-state index contributed by atoms with van der Waals surface area (Å²) >= 11 is 0. The third-order valence-corrected chi connectivity index (χ3v) is 13.5. The van der Waals surface area contributed by atoms with Crippen LogP contribution in [-0.4, -0.2) is 39.9 Å². The van der Waals surface area contributed by atoms with Gasteiger partial charge in [-0.05, 0) is 36.3 Å². The number of rotatable bonds is 11. The fraction of sp³-hybridized carbons (Fsp3) is 0.286. The maximum Gasteiger partial charge on any atom is 0.385 e. The van der Waals surface area contributed by atoms with Gasteiger partial charge in [0.25, 0.3) is 0 Å². The summed E-state index contributed by atoms with van der Waals surface area (Å²) in [5, 5.41) is 2.31. The number of hydrogen-bond donors (Lipinski definition) is 0. The Balaban J connectivity index is 2.16. The average Bonchev–Trinajstić information content (AvgIpc) is 2.72. The molecule has 0 heterocycles. The van der Waals surface area contributed by atoms with Gasteiger partial charge in [-0.1, -0.05) is 73.8 Å². The van der Waals surface area contributed by atoms with Gasteiger partial charge in [-0.2, -0.15) is 0 Å². The van der Waals surface area contributed by atoms with E-state index in [2.05, 4.69) is 43.9 Å². The van der Waals surface area contributed by atoms with Crippen molar-refractivity contribution in [2.45, 2.75) is 32.5 Å². The van der Waals surface area contributed by atoms with E-state index in [0.29, 0.717) is 12.2 Å². The Bertz CT molecular complexity index is 713. The maximum atomic E-state index is 11.5. The lowest BCUT2D eigenvalue weighted by molar-refractivity contribution is -0.138. The van der Waals surface area contributed by atoms with Crippen molar-refractivity contribution in [1.29, 1.82) is 0 Å². The van der Waals surface area contributed by atoms with Crippen LogP contribution in [0, 0.1) is 0 Å². The second-order valence-corrected chi connectivity index (χ2v) is 14.0. The lowest BCUT2D eigenvalue weighted by Crippen LogP contribution is -2.65. The summed E-state index contributed by atoms with van der Waals surface area (Å²) in [5.41, 5.74) is 0.433. The Morgan fingerprint density at radius 2 is 1.61 bits per heavy atom. The first-order valence-corrected chi connectivity index (χ1v) is 16.0. The fourth-order valence-corrected chi connectivity index (χ4v) is 13.0. The summed E-state index contributed by atoms with van der Waals surface area (Å²) in [5.74, 6) is -0.326. The minimum Gasteiger partial charge on any atom is -0.462 e. The molecule has 2 aromatic carbocycles. The summed E-state index contributed by atoms with van der Waals surface area (Å²) in [7, 11) is -4.93. The molecule has 0 amide bonds. The van der Waals surface area contributed by atoms with Crippen molar-refractivity contribution in [1.82, 2.24) is 0 Å². The lowest BCUT2D eigenvalue weighted by atomic mass is 10.4. The molecule has 150 valence electrons. The van der Waals surface area contributed by atoms with Gasteiger partial charge >= 0.3 is 14.5 Å². The van der Waals surface area contributed by atoms with E-state index in [1.165, 1.54) is 0 Å². The highest BCUT2D eigenvalue weighted by molar-refractivity contribution is 6.97. The van der Waals surface area contributed by atoms with Crippen molar-refractivity contribution < 1.29 is 17.8 Å². The van der Waals surface area contributed by atoms with Crippen LogP contribution in [0.3, 0.4) is 0 Å². The standard InChI is InChI=1S/C21H30O4Si3/c1-18(2)21(22)23-16-11-17-27(4)25-28(24-26-3,19-12-7-5-8-13-19)20-14-9-6-10-15-20/h5-10,12-15,27H,1,11,16-17,26H2,2-4H3. The molecule has 0 bridgehead atoms. The molecule has 1 unspecified atom stereocenters. The maximum absolute atomic E-state index is 11.5. The number of hydrogen-bond acceptors (Lipinski definition) is 4. The molecule has 0 saturated heterocycles. The first kappa shape index (κ1) is 22.5. The van der Waals surface area contributed by atoms with E-state index < -0.39 is 27.4 Å². The number of carbonyl (C=O) groups excluding carboxylic acids is 1. The molecule has 1 atom stereocenters. The van der Waals surface area contributed by atoms with Gasteiger partial charge in [0.1, 0.15) is 9.76 Å². The highest BCUT2D eigenvalue weighted by Gasteiger charge is 2.42. The van der Waals surface area contributed by atoms with Crippen LogP contribution in [0.1, 0.15) is 13.3 Å². The van der Waals surface area contributed by atoms with Gasteiger partial charge in [0.15, 0.2) is 9.04 Å². The third kappa shape index (κ3) is 6.11. The van der Waals surface area contributed by atoms with Crippen molar-refractivity contribution in [3.63, 3.8) is 0 Å². The van der Waals surface area contributed by atoms with Crippen LogP contribution in [0.15, 0.2) is 72.8 Å². The summed E-state index contributed by atoms with van der Waals surface area (Å²) in [6, 6.07) is 21.7. The van der Waals surface area contributed by atoms with E-state index in [4.69, 9.17) is 13.0 Å². The van der Waals surface area contributed by atoms with E-state index in [9.17, 15) is 4.79 Å². The average molecular weight is 431 g/mol. The van der Waals surface area contributed by atoms with Crippen LogP contribution in [-0.2, 0) is 17.8 Å². The molecule has 2 rings (SSSR count). The quantitative estimate of drug-likeness (QED) is 0.237. The van der Waals surface area contributed by atoms with Gasteiger partial charge in [-0.25, -0.2) is 4.79 Å². The molecule has 0 aliphatic carbocycles. The van der Waals surface area contributed by atoms with Gasteiger partial charge in [-0.15, -0.1) is 0 Å². The van der Waals surface area contributed by atoms with Gasteiger partial charge in [0.05, 0.1) is 6.61 Å². The highest BCUT2D eigenvalue weighted by atomic mass is 28.4. The molecule has 0 fully saturated rings. The van der Waals surface area contributed by atoms with Gasteiger partial charge < -0.3 is 13.0 Å². The summed E-state index contributed by atoms with van der Waals surface area (Å²) < 4.78 is 18.6. The molecule has 0 aliphatic heterocycles. The van der Waals surface area contributed by atoms with Crippen LogP contribution in [0.25, 0.3) is 0 Å². The summed E-state index contributed by atoms with van der Waals surface area (Å²) in [6.45, 7) is 10.0. The second-order valence-electron chi connectivity index (χ2n) is 6.77. The predicted molar refractivity (Wildman–Crippen MR) is 123 cm³/mol. The number of ether oxygens (including phenoxy) is 1. The normalized spacial score (nSPS) is 12.8. The summed E-state index contributed by atoms with van der Waals surface area (Å²) in [6.07, 6.45) is 0.796. The van der Waals surface area contributed by atoms with Crippen molar-refractivity contribution >= 4 is 43.7 Å². The zero-order valence-corrected chi connectivity index (χ0v) is 20.6. The Hall–Kier alpha value is -1.78. The minimum atomic E-state index is -2.71. The Labute approximate surface area is 173 Å². The van der Waals surface area contributed by atoms with Crippen molar-refractivity contribution in [3.8, 4) is 0 Å². The Morgan fingerprint density at radius 3 is 2.07 bits per heavy atom. The first-order chi connectivity index (χ1) is 13.5. The largest absolute Gasteiger partial charge is 0.462 e. The molecule has 0 saturated carbocycles. The molecule has 2 aromatic rings. The molecule has 0 N–H and O–H groups in total. The fourth-order valence-electron chi connectivity index (χ4n) is 3.02. The van der Waals surface area contributed by atoms with Crippen LogP contribution < -0.4 is 10.4 Å². The highest BCUT2D eigenvalue weighted by Crippen LogP contribution is 2.14. The van der Waals surface area contributed by atoms with E-state index in [0.717, 1.165) is 22.8 Å². The Morgan fingerprint density at radius 1 is 1.07 bits per heavy atom. The van der Waals surface area contributed by atoms with E-state index >= 15 is 0 Å². The molecule has 28 heavy (non-hydrogen) atoms. The third-order valence-electron chi connectivity index (χ3n) is 4.36. The SMILES string of the molecule is C=C(C)C(=O)OCCC[SiH](C)O[Si](O[SiH2]C)(c1ccccc1)c1ccccc1. The molecular formula is C21H30O4Si3. The van der Waals surface area contributed by atoms with E-state index in [1.807, 2.05) is 36.4 Å². The van der Waals surface area contributed by atoms with Gasteiger partial charge in [0, 0.05) is 5.57 Å². The molecule has 0 spiro atoms. The molecule has 4 nitrogen and oxygen atoms in total. The van der Waals surface area contributed by atoms with Crippen molar-refractivity contribution in [3.05, 3.63) is 72.8 Å². The molecular weight excluding hydrogens is 400 g/mol. The summed E-state index contributed by atoms with van der Waals surface area (Å²) in [4.78, 5) is 11.5. The zero-order chi connectivity index (χ0) is 20.4. The topological polar surface area (TPSA) is 44.8 Å². The predicted octanol–water partition coefficient (Wildman–Crippen LogP) is 2.27. The van der Waals surface area contributed by atoms with Crippen molar-refractivity contribution in [2.75, 3.05) is 6.61 Å². The van der Waals surface area contributed by atoms with E-state index in [1.54, 1.807) is 6.92 Å². The van der Waals surface area contributed by atoms with Gasteiger partial charge in [-0.3, -0.25) is 0 Å². The molecule has 0 aliphatic rings. The van der Waals surface area contributed by atoms with Crippen LogP contribution in [0.4, 0.5) is 0 Å². The smallest absolute Gasteiger partial charge is 0.385 e. The van der Waals surface area contributed by atoms with E-state index in [-0.39, 0.29) is 5.97 Å². The van der Waals surface area contributed by atoms with Crippen LogP contribution in [0.5, 0.6) is 0 Å². The first-order valence-electron chi connectivity index (χ1n) is 9.75. The van der Waals surface area contributed by atoms with Crippen LogP contribution in [0.2, 0.25) is 19.1 Å². The zero-order valence-electron chi connectivity index (χ0n) is 17.0. The van der Waals surface area contributed by atoms with Crippen LogP contribution >= 0.6 is 0 Å². The number of benzene rings is 2. The minimum absolute atomic E-state index is 0.326. The Kier molecular flexibility index (Phi) is 9.07. The van der Waals surface area contributed by atoms with Gasteiger partial charge in [0.2, 0.25) is 0 Å². The second kappa shape index (κ2) is 11.3. The number of esters is 1.